The van der Waals surface area contributed by atoms with Crippen molar-refractivity contribution in [3.63, 3.8) is 0 Å². The van der Waals surface area contributed by atoms with Crippen molar-refractivity contribution in [1.82, 2.24) is 34.8 Å². The van der Waals surface area contributed by atoms with Gasteiger partial charge in [0.1, 0.15) is 11.8 Å². The molecule has 2 aliphatic heterocycles. The highest BCUT2D eigenvalue weighted by Gasteiger charge is 2.47. The molecule has 3 atom stereocenters. The number of likely N-dealkylation sites (tertiary alicyclic amines) is 1. The van der Waals surface area contributed by atoms with Gasteiger partial charge in [0, 0.05) is 44.1 Å². The first-order valence-electron chi connectivity index (χ1n) is 11.7. The third-order valence-electron chi connectivity index (χ3n) is 6.13. The molecule has 0 aromatic carbocycles. The molecule has 15 heteroatoms. The lowest BCUT2D eigenvalue weighted by molar-refractivity contribution is -0.210. The van der Waals surface area contributed by atoms with Gasteiger partial charge < -0.3 is 20.1 Å². The number of alkyl halides is 4. The predicted molar refractivity (Wildman–Crippen MR) is 122 cm³/mol. The van der Waals surface area contributed by atoms with Crippen molar-refractivity contribution in [1.29, 1.82) is 0 Å². The van der Waals surface area contributed by atoms with Crippen LogP contribution in [0.2, 0.25) is 0 Å². The zero-order chi connectivity index (χ0) is 26.3. The number of anilines is 2. The lowest BCUT2D eigenvalue weighted by Gasteiger charge is -2.39. The molecule has 5 heterocycles. The van der Waals surface area contributed by atoms with Crippen molar-refractivity contribution in [3.8, 4) is 0 Å². The van der Waals surface area contributed by atoms with Crippen molar-refractivity contribution < 1.29 is 31.8 Å². The fraction of sp³-hybridized carbons (Fsp3) is 0.545. The van der Waals surface area contributed by atoms with E-state index in [0.29, 0.717) is 28.8 Å². The first kappa shape index (κ1) is 25.2. The number of aromatic nitrogens is 5. The summed E-state index contributed by atoms with van der Waals surface area (Å²) in [5, 5.41) is 12.4. The number of H-pyrrole nitrogens is 1. The number of nitrogens with zero attached hydrogens (tertiary/aromatic N) is 5. The summed E-state index contributed by atoms with van der Waals surface area (Å²) in [6.45, 7) is 3.61. The average molecular weight is 526 g/mol. The van der Waals surface area contributed by atoms with Crippen LogP contribution in [0.25, 0.3) is 5.65 Å². The summed E-state index contributed by atoms with van der Waals surface area (Å²) in [6, 6.07) is 3.09. The highest BCUT2D eigenvalue weighted by molar-refractivity contribution is 5.67. The molecule has 5 rings (SSSR count). The molecule has 0 aliphatic carbocycles. The topological polar surface area (TPSA) is 122 Å². The monoisotopic (exact) mass is 526 g/mol. The number of amides is 1. The van der Waals surface area contributed by atoms with Crippen LogP contribution in [0, 0.1) is 5.92 Å². The number of imidazole rings is 1. The minimum absolute atomic E-state index is 0.0517. The lowest BCUT2D eigenvalue weighted by atomic mass is 10.00. The second-order valence-corrected chi connectivity index (χ2v) is 9.44. The van der Waals surface area contributed by atoms with Crippen molar-refractivity contribution >= 4 is 23.5 Å². The molecule has 2 aliphatic rings. The molecular weight excluding hydrogens is 500 g/mol. The van der Waals surface area contributed by atoms with Crippen molar-refractivity contribution in [2.24, 2.45) is 5.92 Å². The highest BCUT2D eigenvalue weighted by Crippen LogP contribution is 2.35. The minimum Gasteiger partial charge on any atom is -0.441 e. The number of hydrogen-bond acceptors (Lipinski definition) is 8. The van der Waals surface area contributed by atoms with Gasteiger partial charge in [-0.15, -0.1) is 0 Å². The molecule has 3 N–H and O–H groups in total. The quantitative estimate of drug-likeness (QED) is 0.402. The third-order valence-corrected chi connectivity index (χ3v) is 6.13. The number of aromatic amines is 1. The van der Waals surface area contributed by atoms with E-state index in [-0.39, 0.29) is 32.3 Å². The number of fused-ring (bicyclic) bond motifs is 1. The Morgan fingerprint density at radius 1 is 1.35 bits per heavy atom. The van der Waals surface area contributed by atoms with Gasteiger partial charge in [-0.3, -0.25) is 14.4 Å². The summed E-state index contributed by atoms with van der Waals surface area (Å²) in [7, 11) is 0. The van der Waals surface area contributed by atoms with E-state index < -0.39 is 36.6 Å². The lowest BCUT2D eigenvalue weighted by Crippen LogP contribution is -2.52. The number of halogens is 4. The summed E-state index contributed by atoms with van der Waals surface area (Å²) in [4.78, 5) is 22.2. The van der Waals surface area contributed by atoms with Gasteiger partial charge in [-0.1, -0.05) is 0 Å². The molecule has 2 fully saturated rings. The zero-order valence-corrected chi connectivity index (χ0v) is 20.0. The van der Waals surface area contributed by atoms with Gasteiger partial charge in [0.2, 0.25) is 5.95 Å². The number of carbonyl (C=O) groups is 1. The molecule has 0 unspecified atom stereocenters. The van der Waals surface area contributed by atoms with Crippen molar-refractivity contribution in [2.45, 2.75) is 51.0 Å². The first-order valence-corrected chi connectivity index (χ1v) is 11.7. The number of hydrogen-bond donors (Lipinski definition) is 3. The number of ether oxygens (including phenoxy) is 2. The molecule has 200 valence electrons. The Morgan fingerprint density at radius 3 is 2.86 bits per heavy atom. The van der Waals surface area contributed by atoms with Crippen molar-refractivity contribution in [2.75, 3.05) is 25.0 Å². The van der Waals surface area contributed by atoms with E-state index in [1.54, 1.807) is 41.5 Å². The van der Waals surface area contributed by atoms with E-state index in [1.165, 1.54) is 6.20 Å². The average Bonchev–Trinajstić information content (AvgIpc) is 3.48. The molecular formula is C22H26F4N8O3. The number of rotatable bonds is 7. The summed E-state index contributed by atoms with van der Waals surface area (Å²) in [5.74, 6) is -0.607. The molecule has 0 spiro atoms. The van der Waals surface area contributed by atoms with Crippen LogP contribution in [-0.4, -0.2) is 79.7 Å². The minimum atomic E-state index is -4.18. The van der Waals surface area contributed by atoms with Crippen LogP contribution in [0.4, 0.5) is 34.1 Å². The van der Waals surface area contributed by atoms with E-state index in [4.69, 9.17) is 9.47 Å². The first-order chi connectivity index (χ1) is 17.6. The van der Waals surface area contributed by atoms with Crippen LogP contribution in [0.3, 0.4) is 0 Å². The second-order valence-electron chi connectivity index (χ2n) is 9.44. The molecule has 3 aromatic heterocycles. The fourth-order valence-corrected chi connectivity index (χ4v) is 4.28. The van der Waals surface area contributed by atoms with E-state index >= 15 is 0 Å². The SMILES string of the molecule is CC(C)NC(=O)O[C@H]1CO[C@@H](c2cc(Nc3nccc4nc(CN5CC(C(F)(F)F)C5)cn34)n[nH]2)[C@@H]1F. The fourth-order valence-electron chi connectivity index (χ4n) is 4.28. The van der Waals surface area contributed by atoms with Crippen LogP contribution in [0.1, 0.15) is 31.3 Å². The van der Waals surface area contributed by atoms with Crippen LogP contribution < -0.4 is 10.6 Å². The predicted octanol–water partition coefficient (Wildman–Crippen LogP) is 3.10. The number of alkyl carbamates (subject to hydrolysis) is 1. The molecule has 2 saturated heterocycles. The summed E-state index contributed by atoms with van der Waals surface area (Å²) in [5.41, 5.74) is 1.51. The van der Waals surface area contributed by atoms with Gasteiger partial charge in [0.05, 0.1) is 23.9 Å². The van der Waals surface area contributed by atoms with E-state index in [0.717, 1.165) is 0 Å². The van der Waals surface area contributed by atoms with Crippen LogP contribution in [-0.2, 0) is 16.0 Å². The Balaban J connectivity index is 1.22. The normalized spacial score (nSPS) is 22.9. The van der Waals surface area contributed by atoms with Gasteiger partial charge >= 0.3 is 12.3 Å². The van der Waals surface area contributed by atoms with E-state index in [1.807, 2.05) is 0 Å². The smallest absolute Gasteiger partial charge is 0.407 e. The van der Waals surface area contributed by atoms with Crippen LogP contribution >= 0.6 is 0 Å². The summed E-state index contributed by atoms with van der Waals surface area (Å²) < 4.78 is 65.5. The maximum Gasteiger partial charge on any atom is 0.407 e. The van der Waals surface area contributed by atoms with E-state index in [9.17, 15) is 22.4 Å². The van der Waals surface area contributed by atoms with Gasteiger partial charge in [0.15, 0.2) is 18.1 Å². The Labute approximate surface area is 208 Å². The summed E-state index contributed by atoms with van der Waals surface area (Å²) >= 11 is 0. The maximum atomic E-state index is 14.9. The Hall–Kier alpha value is -3.46. The molecule has 1 amide bonds. The van der Waals surface area contributed by atoms with E-state index in [2.05, 4.69) is 30.8 Å². The van der Waals surface area contributed by atoms with Gasteiger partial charge in [-0.2, -0.15) is 18.3 Å². The third kappa shape index (κ3) is 5.46. The maximum absolute atomic E-state index is 14.9. The number of carbonyl (C=O) groups excluding carboxylic acids is 1. The van der Waals surface area contributed by atoms with Crippen LogP contribution in [0.5, 0.6) is 0 Å². The Kier molecular flexibility index (Phi) is 6.66. The number of nitrogens with one attached hydrogen (secondary N) is 3. The molecule has 0 bridgehead atoms. The molecule has 3 aromatic rings. The Bertz CT molecular complexity index is 1260. The molecule has 0 radical (unpaired) electrons. The zero-order valence-electron chi connectivity index (χ0n) is 20.0. The second kappa shape index (κ2) is 9.78. The van der Waals surface area contributed by atoms with Crippen LogP contribution in [0.15, 0.2) is 24.5 Å². The summed E-state index contributed by atoms with van der Waals surface area (Å²) in [6.07, 6.45) is -5.31. The highest BCUT2D eigenvalue weighted by atomic mass is 19.4. The standard InChI is InChI=1S/C22H26F4N8O3/c1-11(2)28-21(35)37-15-10-36-19(18(15)23)14-5-16(32-31-14)30-20-27-4-3-17-29-13(9-34(17)20)8-33-6-12(7-33)22(24,25)26/h3-5,9,11-12,15,18-19H,6-8,10H2,1-2H3,(H,28,35)(H2,27,30,31,32)/t15-,18+,19-/m0/s1. The van der Waals surface area contributed by atoms with Gasteiger partial charge in [-0.05, 0) is 19.9 Å². The molecule has 37 heavy (non-hydrogen) atoms. The molecule has 11 nitrogen and oxygen atoms in total. The largest absolute Gasteiger partial charge is 0.441 e. The van der Waals surface area contributed by atoms with Crippen molar-refractivity contribution in [3.05, 3.63) is 35.9 Å². The van der Waals surface area contributed by atoms with Gasteiger partial charge in [0.25, 0.3) is 0 Å². The Morgan fingerprint density at radius 2 is 2.14 bits per heavy atom. The molecule has 0 saturated carbocycles. The van der Waals surface area contributed by atoms with Gasteiger partial charge in [-0.25, -0.2) is 19.2 Å².